The third kappa shape index (κ3) is 1.77. The molecule has 0 fully saturated rings. The van der Waals surface area contributed by atoms with Crippen LogP contribution in [0.3, 0.4) is 0 Å². The second kappa shape index (κ2) is 4.35. The highest BCUT2D eigenvalue weighted by Crippen LogP contribution is 2.20. The zero-order chi connectivity index (χ0) is 14.3. The largest absolute Gasteiger partial charge is 0.340 e. The highest BCUT2D eigenvalue weighted by Gasteiger charge is 2.23. The lowest BCUT2D eigenvalue weighted by atomic mass is 10.2. The molecular formula is C14H12N2O3S. The van der Waals surface area contributed by atoms with Gasteiger partial charge in [-0.3, -0.25) is 0 Å². The fourth-order valence-electron chi connectivity index (χ4n) is 2.21. The minimum absolute atomic E-state index is 0.131. The van der Waals surface area contributed by atoms with Crippen molar-refractivity contribution in [1.29, 1.82) is 0 Å². The van der Waals surface area contributed by atoms with Gasteiger partial charge in [-0.1, -0.05) is 30.3 Å². The van der Waals surface area contributed by atoms with Crippen LogP contribution in [0.2, 0.25) is 0 Å². The van der Waals surface area contributed by atoms with Gasteiger partial charge in [-0.25, -0.2) is 13.2 Å². The predicted octanol–water partition coefficient (Wildman–Crippen LogP) is 1.88. The van der Waals surface area contributed by atoms with E-state index >= 15 is 0 Å². The number of imidazole rings is 1. The number of H-pyrrole nitrogens is 1. The summed E-state index contributed by atoms with van der Waals surface area (Å²) < 4.78 is 26.2. The normalized spacial score (nSPS) is 11.8. The van der Waals surface area contributed by atoms with E-state index in [4.69, 9.17) is 0 Å². The minimum atomic E-state index is -3.91. The van der Waals surface area contributed by atoms with Gasteiger partial charge in [0.25, 0.3) is 10.0 Å². The molecule has 102 valence electrons. The summed E-state index contributed by atoms with van der Waals surface area (Å²) in [5.74, 6) is 0. The van der Waals surface area contributed by atoms with Gasteiger partial charge < -0.3 is 4.98 Å². The number of aryl methyl sites for hydroxylation is 1. The Morgan fingerprint density at radius 1 is 1.00 bits per heavy atom. The Morgan fingerprint density at radius 3 is 2.40 bits per heavy atom. The quantitative estimate of drug-likeness (QED) is 0.782. The maximum Gasteiger partial charge on any atom is 0.340 e. The summed E-state index contributed by atoms with van der Waals surface area (Å²) in [6.45, 7) is 1.70. The Balaban J connectivity index is 2.39. The van der Waals surface area contributed by atoms with Gasteiger partial charge in [0.15, 0.2) is 0 Å². The fourth-order valence-corrected chi connectivity index (χ4v) is 3.82. The van der Waals surface area contributed by atoms with Crippen molar-refractivity contribution >= 4 is 21.1 Å². The molecule has 0 saturated carbocycles. The van der Waals surface area contributed by atoms with Crippen LogP contribution in [0.1, 0.15) is 5.56 Å². The van der Waals surface area contributed by atoms with E-state index in [0.29, 0.717) is 16.6 Å². The molecule has 0 spiro atoms. The van der Waals surface area contributed by atoms with Crippen LogP contribution in [0.5, 0.6) is 0 Å². The van der Waals surface area contributed by atoms with Crippen LogP contribution in [-0.4, -0.2) is 17.4 Å². The van der Waals surface area contributed by atoms with E-state index in [0.717, 1.165) is 3.97 Å². The molecule has 0 amide bonds. The van der Waals surface area contributed by atoms with Crippen molar-refractivity contribution < 1.29 is 8.42 Å². The molecule has 6 heteroatoms. The van der Waals surface area contributed by atoms with Gasteiger partial charge >= 0.3 is 5.69 Å². The first-order chi connectivity index (χ1) is 9.51. The minimum Gasteiger partial charge on any atom is -0.305 e. The van der Waals surface area contributed by atoms with Gasteiger partial charge in [-0.15, -0.1) is 0 Å². The number of benzene rings is 2. The van der Waals surface area contributed by atoms with Gasteiger partial charge in [0, 0.05) is 0 Å². The maximum absolute atomic E-state index is 12.7. The lowest BCUT2D eigenvalue weighted by Gasteiger charge is -2.08. The number of hydrogen-bond donors (Lipinski definition) is 1. The lowest BCUT2D eigenvalue weighted by Crippen LogP contribution is -2.25. The number of hydrogen-bond acceptors (Lipinski definition) is 3. The monoisotopic (exact) mass is 288 g/mol. The first-order valence-corrected chi connectivity index (χ1v) is 7.47. The molecule has 3 rings (SSSR count). The highest BCUT2D eigenvalue weighted by molar-refractivity contribution is 7.90. The second-order valence-electron chi connectivity index (χ2n) is 4.48. The number of nitrogens with one attached hydrogen (secondary N) is 1. The van der Waals surface area contributed by atoms with Crippen molar-refractivity contribution in [3.63, 3.8) is 0 Å². The molecule has 1 aromatic heterocycles. The van der Waals surface area contributed by atoms with Gasteiger partial charge in [-0.05, 0) is 30.7 Å². The first-order valence-electron chi connectivity index (χ1n) is 6.03. The third-order valence-corrected chi connectivity index (χ3v) is 5.02. The van der Waals surface area contributed by atoms with E-state index in [-0.39, 0.29) is 4.90 Å². The molecule has 0 atom stereocenters. The van der Waals surface area contributed by atoms with E-state index in [1.54, 1.807) is 49.4 Å². The summed E-state index contributed by atoms with van der Waals surface area (Å²) in [6, 6.07) is 13.3. The maximum atomic E-state index is 12.7. The second-order valence-corrected chi connectivity index (χ2v) is 6.24. The smallest absolute Gasteiger partial charge is 0.305 e. The zero-order valence-corrected chi connectivity index (χ0v) is 11.5. The van der Waals surface area contributed by atoms with Crippen LogP contribution < -0.4 is 5.69 Å². The molecule has 0 saturated heterocycles. The van der Waals surface area contributed by atoms with Crippen LogP contribution in [-0.2, 0) is 10.0 Å². The Bertz CT molecular complexity index is 952. The summed E-state index contributed by atoms with van der Waals surface area (Å²) >= 11 is 0. The molecule has 0 unspecified atom stereocenters. The summed E-state index contributed by atoms with van der Waals surface area (Å²) in [5, 5.41) is 0. The van der Waals surface area contributed by atoms with Crippen molar-refractivity contribution in [3.05, 3.63) is 64.6 Å². The molecule has 20 heavy (non-hydrogen) atoms. The van der Waals surface area contributed by atoms with E-state index in [1.807, 2.05) is 0 Å². The fraction of sp³-hybridized carbons (Fsp3) is 0.0714. The van der Waals surface area contributed by atoms with Gasteiger partial charge in [0.1, 0.15) is 0 Å². The van der Waals surface area contributed by atoms with E-state index in [1.165, 1.54) is 6.07 Å². The predicted molar refractivity (Wildman–Crippen MR) is 76.3 cm³/mol. The van der Waals surface area contributed by atoms with Crippen molar-refractivity contribution in [2.45, 2.75) is 11.8 Å². The zero-order valence-electron chi connectivity index (χ0n) is 10.7. The third-order valence-electron chi connectivity index (χ3n) is 3.16. The van der Waals surface area contributed by atoms with Crippen molar-refractivity contribution in [2.75, 3.05) is 0 Å². The molecule has 2 aromatic carbocycles. The molecule has 0 radical (unpaired) electrons. The molecule has 1 N–H and O–H groups in total. The van der Waals surface area contributed by atoms with E-state index < -0.39 is 15.7 Å². The number of para-hydroxylation sites is 2. The molecular weight excluding hydrogens is 276 g/mol. The van der Waals surface area contributed by atoms with Crippen molar-refractivity contribution in [2.24, 2.45) is 0 Å². The molecule has 0 aliphatic heterocycles. The highest BCUT2D eigenvalue weighted by atomic mass is 32.2. The van der Waals surface area contributed by atoms with Crippen LogP contribution >= 0.6 is 0 Å². The van der Waals surface area contributed by atoms with Crippen molar-refractivity contribution in [3.8, 4) is 0 Å². The Labute approximate surface area is 115 Å². The SMILES string of the molecule is Cc1ccccc1S(=O)(=O)n1c(=O)[nH]c2ccccc21. The van der Waals surface area contributed by atoms with Crippen molar-refractivity contribution in [1.82, 2.24) is 8.96 Å². The lowest BCUT2D eigenvalue weighted by molar-refractivity contribution is 0.586. The van der Waals surface area contributed by atoms with Gasteiger partial charge in [0.2, 0.25) is 0 Å². The molecule has 3 aromatic rings. The van der Waals surface area contributed by atoms with Crippen LogP contribution in [0.4, 0.5) is 0 Å². The number of fused-ring (bicyclic) bond motifs is 1. The Morgan fingerprint density at radius 2 is 1.65 bits per heavy atom. The standard InChI is InChI=1S/C14H12N2O3S/c1-10-6-2-5-9-13(10)20(18,19)16-12-8-4-3-7-11(12)15-14(16)17/h2-9H,1H3,(H,15,17). The molecule has 5 nitrogen and oxygen atoms in total. The Kier molecular flexibility index (Phi) is 2.76. The van der Waals surface area contributed by atoms with Crippen LogP contribution in [0.15, 0.2) is 58.2 Å². The molecule has 0 bridgehead atoms. The van der Waals surface area contributed by atoms with Crippen LogP contribution in [0, 0.1) is 6.92 Å². The summed E-state index contributed by atoms with van der Waals surface area (Å²) in [7, 11) is -3.91. The number of aromatic amines is 1. The average molecular weight is 288 g/mol. The van der Waals surface area contributed by atoms with Gasteiger partial charge in [0.05, 0.1) is 15.9 Å². The summed E-state index contributed by atoms with van der Waals surface area (Å²) in [4.78, 5) is 14.7. The summed E-state index contributed by atoms with van der Waals surface area (Å²) in [5.41, 5.74) is 0.787. The number of nitrogens with zero attached hydrogens (tertiary/aromatic N) is 1. The number of aromatic nitrogens is 2. The number of rotatable bonds is 2. The molecule has 0 aliphatic rings. The first kappa shape index (κ1) is 12.7. The summed E-state index contributed by atoms with van der Waals surface area (Å²) in [6.07, 6.45) is 0. The topological polar surface area (TPSA) is 71.9 Å². The van der Waals surface area contributed by atoms with E-state index in [9.17, 15) is 13.2 Å². The molecule has 1 heterocycles. The van der Waals surface area contributed by atoms with E-state index in [2.05, 4.69) is 4.98 Å². The Hall–Kier alpha value is -2.34. The molecule has 0 aliphatic carbocycles. The van der Waals surface area contributed by atoms with Gasteiger partial charge in [-0.2, -0.15) is 3.97 Å². The average Bonchev–Trinajstić information content (AvgIpc) is 2.75. The van der Waals surface area contributed by atoms with Crippen LogP contribution in [0.25, 0.3) is 11.0 Å².